The van der Waals surface area contributed by atoms with Gasteiger partial charge in [-0.1, -0.05) is 38.2 Å². The summed E-state index contributed by atoms with van der Waals surface area (Å²) < 4.78 is 0. The highest BCUT2D eigenvalue weighted by Gasteiger charge is 2.56. The molecule has 0 aromatic rings. The predicted molar refractivity (Wildman–Crippen MR) is 43.7 cm³/mol. The van der Waals surface area contributed by atoms with Gasteiger partial charge in [0.05, 0.1) is 0 Å². The van der Waals surface area contributed by atoms with Crippen molar-refractivity contribution in [3.05, 3.63) is 24.3 Å². The lowest BCUT2D eigenvalue weighted by atomic mass is 10.0. The summed E-state index contributed by atoms with van der Waals surface area (Å²) in [7, 11) is 0. The first kappa shape index (κ1) is 6.21. The second kappa shape index (κ2) is 1.55. The highest BCUT2D eigenvalue weighted by Crippen LogP contribution is 2.63. The lowest BCUT2D eigenvalue weighted by Gasteiger charge is -2.02. The third-order valence-corrected chi connectivity index (χ3v) is 3.16. The quantitative estimate of drug-likeness (QED) is 0.478. The van der Waals surface area contributed by atoms with Crippen LogP contribution in [0.25, 0.3) is 0 Å². The molecule has 2 atom stereocenters. The molecule has 1 saturated carbocycles. The van der Waals surface area contributed by atoms with Crippen LogP contribution < -0.4 is 0 Å². The number of fused-ring (bicyclic) bond motifs is 1. The second-order valence-corrected chi connectivity index (χ2v) is 4.18. The van der Waals surface area contributed by atoms with Crippen molar-refractivity contribution in [1.29, 1.82) is 0 Å². The van der Waals surface area contributed by atoms with Crippen LogP contribution in [0.4, 0.5) is 0 Å². The SMILES string of the molecule is C=C1C=C[C@H]2[C@@H](C1)C2(C)C. The van der Waals surface area contributed by atoms with Gasteiger partial charge in [0.15, 0.2) is 0 Å². The van der Waals surface area contributed by atoms with Crippen LogP contribution in [0.15, 0.2) is 24.3 Å². The average Bonchev–Trinajstić information content (AvgIpc) is 2.36. The highest BCUT2D eigenvalue weighted by molar-refractivity contribution is 5.30. The third kappa shape index (κ3) is 0.622. The Morgan fingerprint density at radius 3 is 2.80 bits per heavy atom. The van der Waals surface area contributed by atoms with Crippen LogP contribution in [0.1, 0.15) is 20.3 Å². The minimum absolute atomic E-state index is 0.579. The maximum atomic E-state index is 3.97. The zero-order chi connectivity index (χ0) is 7.35. The van der Waals surface area contributed by atoms with Crippen LogP contribution in [0, 0.1) is 17.3 Å². The molecule has 10 heavy (non-hydrogen) atoms. The van der Waals surface area contributed by atoms with E-state index in [1.807, 2.05) is 0 Å². The van der Waals surface area contributed by atoms with Crippen molar-refractivity contribution in [2.24, 2.45) is 17.3 Å². The summed E-state index contributed by atoms with van der Waals surface area (Å²) >= 11 is 0. The first-order valence-corrected chi connectivity index (χ1v) is 3.98. The lowest BCUT2D eigenvalue weighted by Crippen LogP contribution is -1.90. The van der Waals surface area contributed by atoms with Crippen molar-refractivity contribution in [2.45, 2.75) is 20.3 Å². The zero-order valence-corrected chi connectivity index (χ0v) is 6.72. The molecule has 0 bridgehead atoms. The minimum Gasteiger partial charge on any atom is -0.0958 e. The predicted octanol–water partition coefficient (Wildman–Crippen LogP) is 2.77. The van der Waals surface area contributed by atoms with E-state index >= 15 is 0 Å². The van der Waals surface area contributed by atoms with E-state index in [0.717, 1.165) is 11.8 Å². The Bertz CT molecular complexity index is 208. The van der Waals surface area contributed by atoms with E-state index in [1.165, 1.54) is 12.0 Å². The van der Waals surface area contributed by atoms with Crippen LogP contribution >= 0.6 is 0 Å². The van der Waals surface area contributed by atoms with E-state index in [1.54, 1.807) is 0 Å². The van der Waals surface area contributed by atoms with Gasteiger partial charge in [-0.15, -0.1) is 0 Å². The standard InChI is InChI=1S/C10H14/c1-7-4-5-8-9(6-7)10(8,2)3/h4-5,8-9H,1,6H2,2-3H3/t8-,9+/m0/s1. The molecular weight excluding hydrogens is 120 g/mol. The molecule has 0 aromatic heterocycles. The summed E-state index contributed by atoms with van der Waals surface area (Å²) in [6, 6.07) is 0. The van der Waals surface area contributed by atoms with Crippen molar-refractivity contribution in [2.75, 3.05) is 0 Å². The fourth-order valence-electron chi connectivity index (χ4n) is 2.15. The maximum Gasteiger partial charge on any atom is -0.0139 e. The van der Waals surface area contributed by atoms with Crippen molar-refractivity contribution >= 4 is 0 Å². The molecule has 0 saturated heterocycles. The van der Waals surface area contributed by atoms with Crippen molar-refractivity contribution in [3.63, 3.8) is 0 Å². The number of allylic oxidation sites excluding steroid dienone is 3. The first-order valence-electron chi connectivity index (χ1n) is 3.98. The summed E-state index contributed by atoms with van der Waals surface area (Å²) in [6.07, 6.45) is 5.75. The molecule has 2 aliphatic carbocycles. The molecule has 1 fully saturated rings. The normalized spacial score (nSPS) is 41.2. The summed E-state index contributed by atoms with van der Waals surface area (Å²) in [5.41, 5.74) is 1.89. The fourth-order valence-corrected chi connectivity index (χ4v) is 2.15. The van der Waals surface area contributed by atoms with E-state index in [9.17, 15) is 0 Å². The van der Waals surface area contributed by atoms with Crippen LogP contribution in [0.2, 0.25) is 0 Å². The Morgan fingerprint density at radius 2 is 2.30 bits per heavy atom. The largest absolute Gasteiger partial charge is 0.0958 e. The minimum atomic E-state index is 0.579. The van der Waals surface area contributed by atoms with E-state index in [2.05, 4.69) is 32.6 Å². The molecule has 2 aliphatic rings. The van der Waals surface area contributed by atoms with E-state index in [-0.39, 0.29) is 0 Å². The van der Waals surface area contributed by atoms with Gasteiger partial charge in [0.25, 0.3) is 0 Å². The number of hydrogen-bond acceptors (Lipinski definition) is 0. The molecule has 0 nitrogen and oxygen atoms in total. The fraction of sp³-hybridized carbons (Fsp3) is 0.600. The molecule has 0 radical (unpaired) electrons. The third-order valence-electron chi connectivity index (χ3n) is 3.16. The molecule has 0 heterocycles. The van der Waals surface area contributed by atoms with Crippen LogP contribution in [-0.2, 0) is 0 Å². The van der Waals surface area contributed by atoms with Gasteiger partial charge in [-0.05, 0) is 23.7 Å². The zero-order valence-electron chi connectivity index (χ0n) is 6.72. The van der Waals surface area contributed by atoms with Crippen molar-refractivity contribution < 1.29 is 0 Å². The number of rotatable bonds is 0. The summed E-state index contributed by atoms with van der Waals surface area (Å²) in [6.45, 7) is 8.67. The van der Waals surface area contributed by atoms with Crippen LogP contribution in [-0.4, -0.2) is 0 Å². The van der Waals surface area contributed by atoms with Crippen LogP contribution in [0.3, 0.4) is 0 Å². The summed E-state index contributed by atoms with van der Waals surface area (Å²) in [5, 5.41) is 0. The number of hydrogen-bond donors (Lipinski definition) is 0. The Hall–Kier alpha value is -0.520. The van der Waals surface area contributed by atoms with Crippen LogP contribution in [0.5, 0.6) is 0 Å². The van der Waals surface area contributed by atoms with Gasteiger partial charge in [0, 0.05) is 0 Å². The van der Waals surface area contributed by atoms with E-state index < -0.39 is 0 Å². The molecule has 0 aliphatic heterocycles. The smallest absolute Gasteiger partial charge is 0.0139 e. The van der Waals surface area contributed by atoms with E-state index in [0.29, 0.717) is 5.41 Å². The molecule has 0 unspecified atom stereocenters. The van der Waals surface area contributed by atoms with Gasteiger partial charge >= 0.3 is 0 Å². The molecule has 0 spiro atoms. The van der Waals surface area contributed by atoms with Gasteiger partial charge < -0.3 is 0 Å². The molecule has 54 valence electrons. The monoisotopic (exact) mass is 134 g/mol. The van der Waals surface area contributed by atoms with Gasteiger partial charge in [0.1, 0.15) is 0 Å². The molecule has 0 amide bonds. The van der Waals surface area contributed by atoms with Crippen molar-refractivity contribution in [1.82, 2.24) is 0 Å². The van der Waals surface area contributed by atoms with Gasteiger partial charge in [-0.3, -0.25) is 0 Å². The lowest BCUT2D eigenvalue weighted by molar-refractivity contribution is 0.554. The average molecular weight is 134 g/mol. The molecule has 2 rings (SSSR count). The Morgan fingerprint density at radius 1 is 1.60 bits per heavy atom. The van der Waals surface area contributed by atoms with Crippen molar-refractivity contribution in [3.8, 4) is 0 Å². The first-order chi connectivity index (χ1) is 4.62. The Kier molecular flexibility index (Phi) is 0.964. The van der Waals surface area contributed by atoms with E-state index in [4.69, 9.17) is 0 Å². The van der Waals surface area contributed by atoms with Gasteiger partial charge in [-0.25, -0.2) is 0 Å². The molecule has 0 N–H and O–H groups in total. The summed E-state index contributed by atoms with van der Waals surface area (Å²) in [4.78, 5) is 0. The molecular formula is C10H14. The summed E-state index contributed by atoms with van der Waals surface area (Å²) in [5.74, 6) is 1.77. The molecule has 0 heteroatoms. The molecule has 0 aromatic carbocycles. The Labute approximate surface area is 62.6 Å². The topological polar surface area (TPSA) is 0 Å². The second-order valence-electron chi connectivity index (χ2n) is 4.18. The highest BCUT2D eigenvalue weighted by atomic mass is 14.6. The van der Waals surface area contributed by atoms with Gasteiger partial charge in [0.2, 0.25) is 0 Å². The maximum absolute atomic E-state index is 3.97. The van der Waals surface area contributed by atoms with Gasteiger partial charge in [-0.2, -0.15) is 0 Å². The Balaban J connectivity index is 2.23.